The third kappa shape index (κ3) is 6.44. The van der Waals surface area contributed by atoms with Crippen LogP contribution in [0.2, 0.25) is 5.02 Å². The van der Waals surface area contributed by atoms with E-state index in [0.29, 0.717) is 19.3 Å². The van der Waals surface area contributed by atoms with Crippen LogP contribution in [0.15, 0.2) is 42.5 Å². The van der Waals surface area contributed by atoms with Gasteiger partial charge < -0.3 is 14.8 Å². The van der Waals surface area contributed by atoms with E-state index in [1.54, 1.807) is 0 Å². The van der Waals surface area contributed by atoms with Crippen LogP contribution in [-0.4, -0.2) is 12.6 Å². The standard InChI is InChI=1S/C23H30ClNO2/c1-2-26-23-15-18(16-25-21-10-5-3-4-6-11-21)12-13-22(23)27-17-19-8-7-9-20(24)14-19/h7-9,12-15,21,25H,2-6,10-11,16-17H2,1H3. The number of hydrogen-bond acceptors (Lipinski definition) is 3. The zero-order chi connectivity index (χ0) is 18.9. The van der Waals surface area contributed by atoms with Gasteiger partial charge in [0.1, 0.15) is 6.61 Å². The molecule has 3 nitrogen and oxygen atoms in total. The maximum absolute atomic E-state index is 6.05. The SMILES string of the molecule is CCOc1cc(CNC2CCCCCC2)ccc1OCc1cccc(Cl)c1. The third-order valence-corrected chi connectivity index (χ3v) is 5.28. The van der Waals surface area contributed by atoms with E-state index in [4.69, 9.17) is 21.1 Å². The first-order valence-corrected chi connectivity index (χ1v) is 10.5. The Morgan fingerprint density at radius 2 is 1.74 bits per heavy atom. The molecule has 0 heterocycles. The molecule has 1 aliphatic carbocycles. The maximum Gasteiger partial charge on any atom is 0.161 e. The van der Waals surface area contributed by atoms with Crippen LogP contribution >= 0.6 is 11.6 Å². The van der Waals surface area contributed by atoms with Gasteiger partial charge in [-0.1, -0.05) is 55.5 Å². The highest BCUT2D eigenvalue weighted by Crippen LogP contribution is 2.30. The fourth-order valence-electron chi connectivity index (χ4n) is 3.58. The Balaban J connectivity index is 1.61. The van der Waals surface area contributed by atoms with Crippen molar-refractivity contribution in [3.8, 4) is 11.5 Å². The molecule has 1 saturated carbocycles. The summed E-state index contributed by atoms with van der Waals surface area (Å²) in [6.07, 6.45) is 8.03. The summed E-state index contributed by atoms with van der Waals surface area (Å²) in [4.78, 5) is 0. The summed E-state index contributed by atoms with van der Waals surface area (Å²) in [5, 5.41) is 4.44. The van der Waals surface area contributed by atoms with Crippen LogP contribution in [0.1, 0.15) is 56.6 Å². The second-order valence-electron chi connectivity index (χ2n) is 7.20. The minimum absolute atomic E-state index is 0.473. The molecule has 2 aromatic carbocycles. The molecule has 4 heteroatoms. The van der Waals surface area contributed by atoms with E-state index >= 15 is 0 Å². The highest BCUT2D eigenvalue weighted by Gasteiger charge is 2.12. The predicted molar refractivity (Wildman–Crippen MR) is 112 cm³/mol. The molecule has 0 saturated heterocycles. The molecular weight excluding hydrogens is 358 g/mol. The number of benzene rings is 2. The lowest BCUT2D eigenvalue weighted by Crippen LogP contribution is -2.27. The predicted octanol–water partition coefficient (Wildman–Crippen LogP) is 6.13. The van der Waals surface area contributed by atoms with Gasteiger partial charge in [-0.15, -0.1) is 0 Å². The van der Waals surface area contributed by atoms with E-state index in [2.05, 4.69) is 17.4 Å². The summed E-state index contributed by atoms with van der Waals surface area (Å²) in [5.74, 6) is 1.58. The number of rotatable bonds is 8. The van der Waals surface area contributed by atoms with Crippen molar-refractivity contribution in [1.82, 2.24) is 5.32 Å². The molecule has 0 atom stereocenters. The van der Waals surface area contributed by atoms with Gasteiger partial charge in [0.05, 0.1) is 6.61 Å². The van der Waals surface area contributed by atoms with E-state index in [9.17, 15) is 0 Å². The lowest BCUT2D eigenvalue weighted by Gasteiger charge is -2.18. The minimum atomic E-state index is 0.473. The van der Waals surface area contributed by atoms with Crippen molar-refractivity contribution >= 4 is 11.6 Å². The largest absolute Gasteiger partial charge is 0.490 e. The number of ether oxygens (including phenoxy) is 2. The van der Waals surface area contributed by atoms with Gasteiger partial charge in [-0.05, 0) is 55.2 Å². The third-order valence-electron chi connectivity index (χ3n) is 5.04. The number of halogens is 1. The second-order valence-corrected chi connectivity index (χ2v) is 7.64. The van der Waals surface area contributed by atoms with Crippen LogP contribution in [0.25, 0.3) is 0 Å². The fraction of sp³-hybridized carbons (Fsp3) is 0.478. The van der Waals surface area contributed by atoms with Gasteiger partial charge >= 0.3 is 0 Å². The Morgan fingerprint density at radius 3 is 2.48 bits per heavy atom. The molecule has 1 fully saturated rings. The molecule has 0 radical (unpaired) electrons. The van der Waals surface area contributed by atoms with Crippen molar-refractivity contribution in [1.29, 1.82) is 0 Å². The van der Waals surface area contributed by atoms with E-state index in [1.165, 1.54) is 44.1 Å². The van der Waals surface area contributed by atoms with Gasteiger partial charge in [0.25, 0.3) is 0 Å². The smallest absolute Gasteiger partial charge is 0.161 e. The number of hydrogen-bond donors (Lipinski definition) is 1. The lowest BCUT2D eigenvalue weighted by molar-refractivity contribution is 0.269. The summed E-state index contributed by atoms with van der Waals surface area (Å²) in [6, 6.07) is 14.6. The molecule has 3 rings (SSSR count). The van der Waals surface area contributed by atoms with Gasteiger partial charge in [0.15, 0.2) is 11.5 Å². The topological polar surface area (TPSA) is 30.5 Å². The minimum Gasteiger partial charge on any atom is -0.490 e. The monoisotopic (exact) mass is 387 g/mol. The van der Waals surface area contributed by atoms with E-state index < -0.39 is 0 Å². The van der Waals surface area contributed by atoms with Crippen LogP contribution in [0, 0.1) is 0 Å². The fourth-order valence-corrected chi connectivity index (χ4v) is 3.80. The Hall–Kier alpha value is -1.71. The summed E-state index contributed by atoms with van der Waals surface area (Å²) in [7, 11) is 0. The van der Waals surface area contributed by atoms with Crippen LogP contribution in [0.5, 0.6) is 11.5 Å². The maximum atomic E-state index is 6.05. The summed E-state index contributed by atoms with van der Waals surface area (Å²) in [5.41, 5.74) is 2.28. The molecule has 0 spiro atoms. The molecule has 1 aliphatic rings. The molecule has 2 aromatic rings. The van der Waals surface area contributed by atoms with Crippen molar-refractivity contribution in [3.63, 3.8) is 0 Å². The number of nitrogens with one attached hydrogen (secondary N) is 1. The van der Waals surface area contributed by atoms with Crippen LogP contribution in [0.3, 0.4) is 0 Å². The Morgan fingerprint density at radius 1 is 0.926 bits per heavy atom. The Kier molecular flexibility index (Phi) is 7.85. The van der Waals surface area contributed by atoms with Crippen molar-refractivity contribution in [3.05, 3.63) is 58.6 Å². The molecule has 1 N–H and O–H groups in total. The average Bonchev–Trinajstić information content (AvgIpc) is 2.95. The quantitative estimate of drug-likeness (QED) is 0.552. The second kappa shape index (κ2) is 10.6. The molecule has 27 heavy (non-hydrogen) atoms. The normalized spacial score (nSPS) is 15.3. The van der Waals surface area contributed by atoms with E-state index in [1.807, 2.05) is 37.3 Å². The van der Waals surface area contributed by atoms with Crippen LogP contribution < -0.4 is 14.8 Å². The highest BCUT2D eigenvalue weighted by molar-refractivity contribution is 6.30. The Bertz CT molecular complexity index is 711. The summed E-state index contributed by atoms with van der Waals surface area (Å²) >= 11 is 6.05. The van der Waals surface area contributed by atoms with Gasteiger partial charge in [0, 0.05) is 17.6 Å². The molecule has 0 aliphatic heterocycles. The first-order valence-electron chi connectivity index (χ1n) is 10.1. The summed E-state index contributed by atoms with van der Waals surface area (Å²) < 4.78 is 11.8. The van der Waals surface area contributed by atoms with Crippen molar-refractivity contribution in [2.75, 3.05) is 6.61 Å². The molecular formula is C23H30ClNO2. The van der Waals surface area contributed by atoms with Crippen LogP contribution in [0.4, 0.5) is 0 Å². The first kappa shape index (κ1) is 20.0. The molecule has 0 bridgehead atoms. The zero-order valence-corrected chi connectivity index (χ0v) is 16.9. The van der Waals surface area contributed by atoms with Gasteiger partial charge in [0.2, 0.25) is 0 Å². The van der Waals surface area contributed by atoms with Gasteiger partial charge in [-0.25, -0.2) is 0 Å². The van der Waals surface area contributed by atoms with E-state index in [-0.39, 0.29) is 0 Å². The van der Waals surface area contributed by atoms with E-state index in [0.717, 1.165) is 28.6 Å². The van der Waals surface area contributed by atoms with Crippen molar-refractivity contribution in [2.45, 2.75) is 64.6 Å². The molecule has 0 amide bonds. The zero-order valence-electron chi connectivity index (χ0n) is 16.2. The van der Waals surface area contributed by atoms with Crippen molar-refractivity contribution < 1.29 is 9.47 Å². The Labute approximate surface area is 168 Å². The lowest BCUT2D eigenvalue weighted by atomic mass is 10.1. The first-order chi connectivity index (χ1) is 13.2. The molecule has 146 valence electrons. The highest BCUT2D eigenvalue weighted by atomic mass is 35.5. The summed E-state index contributed by atoms with van der Waals surface area (Å²) in [6.45, 7) is 3.96. The van der Waals surface area contributed by atoms with Gasteiger partial charge in [-0.2, -0.15) is 0 Å². The van der Waals surface area contributed by atoms with Crippen LogP contribution in [-0.2, 0) is 13.2 Å². The average molecular weight is 388 g/mol. The molecule has 0 aromatic heterocycles. The molecule has 0 unspecified atom stereocenters. The van der Waals surface area contributed by atoms with Crippen molar-refractivity contribution in [2.24, 2.45) is 0 Å². The van der Waals surface area contributed by atoms with Gasteiger partial charge in [-0.3, -0.25) is 0 Å².